The van der Waals surface area contributed by atoms with Crippen LogP contribution in [-0.2, 0) is 24.3 Å². The second kappa shape index (κ2) is 7.54. The summed E-state index contributed by atoms with van der Waals surface area (Å²) in [6, 6.07) is -0.230. The summed E-state index contributed by atoms with van der Waals surface area (Å²) < 4.78 is 30.8. The molecule has 7 nitrogen and oxygen atoms in total. The molecular weight excluding hydrogens is 410 g/mol. The van der Waals surface area contributed by atoms with Gasteiger partial charge in [-0.2, -0.15) is 4.72 Å². The van der Waals surface area contributed by atoms with E-state index in [9.17, 15) is 18.0 Å². The number of rotatable bonds is 7. The van der Waals surface area contributed by atoms with Crippen molar-refractivity contribution in [2.24, 2.45) is 0 Å². The number of carboxylic acid groups (broad SMARTS) is 1. The van der Waals surface area contributed by atoms with Gasteiger partial charge in [-0.05, 0) is 28.4 Å². The number of carbonyl (C=O) groups excluding carboxylic acids is 1. The highest BCUT2D eigenvalue weighted by Crippen LogP contribution is 2.34. The van der Waals surface area contributed by atoms with Gasteiger partial charge in [-0.15, -0.1) is 11.3 Å². The van der Waals surface area contributed by atoms with Crippen molar-refractivity contribution in [3.63, 3.8) is 0 Å². The molecule has 1 aromatic rings. The molecule has 2 N–H and O–H groups in total. The summed E-state index contributed by atoms with van der Waals surface area (Å²) in [6.45, 7) is 0. The second-order valence-electron chi connectivity index (χ2n) is 3.81. The Bertz CT molecular complexity index is 624. The highest BCUT2D eigenvalue weighted by Gasteiger charge is 2.27. The Morgan fingerprint density at radius 1 is 1.57 bits per heavy atom. The number of sulfonamides is 1. The summed E-state index contributed by atoms with van der Waals surface area (Å²) in [5.74, 6) is -2.01. The SMILES string of the molecule is COC(=O)CC[C@@H](NS(=O)(=O)c1cc(Cl)c(Br)s1)C(=O)O. The Balaban J connectivity index is 2.87. The zero-order chi connectivity index (χ0) is 16.2. The average Bonchev–Trinajstić information content (AvgIpc) is 2.74. The summed E-state index contributed by atoms with van der Waals surface area (Å²) in [5.41, 5.74) is 0. The predicted molar refractivity (Wildman–Crippen MR) is 80.0 cm³/mol. The van der Waals surface area contributed by atoms with Gasteiger partial charge in [0.05, 0.1) is 15.9 Å². The molecule has 0 unspecified atom stereocenters. The van der Waals surface area contributed by atoms with Gasteiger partial charge in [0, 0.05) is 6.42 Å². The Hall–Kier alpha value is -0.680. The molecule has 0 amide bonds. The number of hydrogen-bond donors (Lipinski definition) is 2. The first-order valence-corrected chi connectivity index (χ1v) is 8.91. The van der Waals surface area contributed by atoms with E-state index in [0.29, 0.717) is 3.79 Å². The van der Waals surface area contributed by atoms with Crippen LogP contribution in [0.3, 0.4) is 0 Å². The lowest BCUT2D eigenvalue weighted by Gasteiger charge is -2.13. The van der Waals surface area contributed by atoms with E-state index >= 15 is 0 Å². The smallest absolute Gasteiger partial charge is 0.321 e. The van der Waals surface area contributed by atoms with Gasteiger partial charge in [-0.1, -0.05) is 11.6 Å². The van der Waals surface area contributed by atoms with E-state index < -0.39 is 28.0 Å². The zero-order valence-electron chi connectivity index (χ0n) is 10.6. The molecule has 0 aromatic carbocycles. The highest BCUT2D eigenvalue weighted by molar-refractivity contribution is 9.11. The van der Waals surface area contributed by atoms with E-state index in [1.54, 1.807) is 0 Å². The number of carboxylic acids is 1. The maximum Gasteiger partial charge on any atom is 0.321 e. The Morgan fingerprint density at radius 2 is 2.19 bits per heavy atom. The molecule has 0 saturated heterocycles. The summed E-state index contributed by atoms with van der Waals surface area (Å²) in [5, 5.41) is 9.23. The molecule has 0 radical (unpaired) electrons. The highest BCUT2D eigenvalue weighted by atomic mass is 79.9. The number of nitrogens with one attached hydrogen (secondary N) is 1. The topological polar surface area (TPSA) is 110 Å². The Morgan fingerprint density at radius 3 is 2.62 bits per heavy atom. The van der Waals surface area contributed by atoms with Gasteiger partial charge >= 0.3 is 11.9 Å². The van der Waals surface area contributed by atoms with Crippen LogP contribution in [0.15, 0.2) is 14.1 Å². The van der Waals surface area contributed by atoms with Gasteiger partial charge in [0.2, 0.25) is 0 Å². The standard InChI is InChI=1S/C10H11BrClNO6S2/c1-19-7(14)3-2-6(10(15)16)13-21(17,18)8-4-5(12)9(11)20-8/h4,6,13H,2-3H2,1H3,(H,15,16)/t6-/m1/s1. The van der Waals surface area contributed by atoms with E-state index in [4.69, 9.17) is 16.7 Å². The van der Waals surface area contributed by atoms with Crippen LogP contribution in [0.2, 0.25) is 5.02 Å². The third-order valence-electron chi connectivity index (χ3n) is 2.35. The molecule has 0 aliphatic carbocycles. The molecule has 21 heavy (non-hydrogen) atoms. The third kappa shape index (κ3) is 5.22. The first-order chi connectivity index (χ1) is 9.67. The van der Waals surface area contributed by atoms with Crippen LogP contribution in [0.5, 0.6) is 0 Å². The summed E-state index contributed by atoms with van der Waals surface area (Å²) in [4.78, 5) is 22.1. The molecule has 0 aliphatic heterocycles. The van der Waals surface area contributed by atoms with Gasteiger partial charge in [0.1, 0.15) is 10.3 Å². The van der Waals surface area contributed by atoms with E-state index in [0.717, 1.165) is 18.4 Å². The first kappa shape index (κ1) is 18.4. The van der Waals surface area contributed by atoms with Crippen LogP contribution in [0.4, 0.5) is 0 Å². The fraction of sp³-hybridized carbons (Fsp3) is 0.400. The van der Waals surface area contributed by atoms with Crippen molar-refractivity contribution < 1.29 is 27.9 Å². The zero-order valence-corrected chi connectivity index (χ0v) is 14.6. The number of thiophene rings is 1. The number of halogens is 2. The number of ether oxygens (including phenoxy) is 1. The lowest BCUT2D eigenvalue weighted by Crippen LogP contribution is -2.40. The molecule has 11 heteroatoms. The molecule has 0 aliphatic rings. The van der Waals surface area contributed by atoms with Crippen molar-refractivity contribution in [3.8, 4) is 0 Å². The molecule has 118 valence electrons. The number of esters is 1. The maximum atomic E-state index is 12.1. The van der Waals surface area contributed by atoms with Crippen LogP contribution in [0.1, 0.15) is 12.8 Å². The lowest BCUT2D eigenvalue weighted by molar-refractivity contribution is -0.142. The fourth-order valence-corrected chi connectivity index (χ4v) is 4.94. The van der Waals surface area contributed by atoms with Gasteiger partial charge in [-0.3, -0.25) is 9.59 Å². The van der Waals surface area contributed by atoms with E-state index in [1.807, 2.05) is 4.72 Å². The Labute approximate surface area is 138 Å². The molecule has 1 aromatic heterocycles. The number of hydrogen-bond acceptors (Lipinski definition) is 6. The third-order valence-corrected chi connectivity index (χ3v) is 6.77. The minimum absolute atomic E-state index is 0.122. The average molecular weight is 421 g/mol. The van der Waals surface area contributed by atoms with E-state index in [-0.39, 0.29) is 22.1 Å². The minimum Gasteiger partial charge on any atom is -0.480 e. The normalized spacial score (nSPS) is 12.9. The van der Waals surface area contributed by atoms with E-state index in [1.165, 1.54) is 6.07 Å². The minimum atomic E-state index is -4.04. The number of carbonyl (C=O) groups is 2. The molecule has 0 spiro atoms. The Kier molecular flexibility index (Phi) is 6.60. The van der Waals surface area contributed by atoms with Crippen LogP contribution < -0.4 is 4.72 Å². The van der Waals surface area contributed by atoms with Crippen LogP contribution >= 0.6 is 38.9 Å². The van der Waals surface area contributed by atoms with Crippen LogP contribution in [0, 0.1) is 0 Å². The summed E-state index contributed by atoms with van der Waals surface area (Å²) in [6.07, 6.45) is -0.438. The van der Waals surface area contributed by atoms with Gasteiger partial charge < -0.3 is 9.84 Å². The quantitative estimate of drug-likeness (QED) is 0.651. The van der Waals surface area contributed by atoms with Crippen molar-refractivity contribution in [1.29, 1.82) is 0 Å². The molecule has 0 fully saturated rings. The second-order valence-corrected chi connectivity index (χ2v) is 8.53. The monoisotopic (exact) mass is 419 g/mol. The van der Waals surface area contributed by atoms with Crippen molar-refractivity contribution >= 4 is 60.8 Å². The first-order valence-electron chi connectivity index (χ1n) is 5.44. The largest absolute Gasteiger partial charge is 0.480 e. The molecule has 0 bridgehead atoms. The summed E-state index contributed by atoms with van der Waals surface area (Å²) in [7, 11) is -2.88. The van der Waals surface area contributed by atoms with Gasteiger partial charge in [-0.25, -0.2) is 8.42 Å². The van der Waals surface area contributed by atoms with Crippen molar-refractivity contribution in [2.45, 2.75) is 23.1 Å². The summed E-state index contributed by atoms with van der Waals surface area (Å²) >= 11 is 9.68. The maximum absolute atomic E-state index is 12.1. The van der Waals surface area contributed by atoms with E-state index in [2.05, 4.69) is 20.7 Å². The fourth-order valence-electron chi connectivity index (χ4n) is 1.30. The van der Waals surface area contributed by atoms with Gasteiger partial charge in [0.15, 0.2) is 0 Å². The van der Waals surface area contributed by atoms with Crippen LogP contribution in [-0.4, -0.2) is 38.6 Å². The molecule has 1 heterocycles. The molecular formula is C10H11BrClNO6S2. The van der Waals surface area contributed by atoms with Crippen molar-refractivity contribution in [1.82, 2.24) is 4.72 Å². The van der Waals surface area contributed by atoms with Gasteiger partial charge in [0.25, 0.3) is 10.0 Å². The number of methoxy groups -OCH3 is 1. The van der Waals surface area contributed by atoms with Crippen molar-refractivity contribution in [2.75, 3.05) is 7.11 Å². The predicted octanol–water partition coefficient (Wildman–Crippen LogP) is 1.85. The molecule has 1 atom stereocenters. The molecule has 1 rings (SSSR count). The lowest BCUT2D eigenvalue weighted by atomic mass is 10.2. The van der Waals surface area contributed by atoms with Crippen molar-refractivity contribution in [3.05, 3.63) is 14.9 Å². The molecule has 0 saturated carbocycles. The number of aliphatic carboxylic acids is 1. The van der Waals surface area contributed by atoms with Crippen LogP contribution in [0.25, 0.3) is 0 Å².